The molecule has 162 valence electrons. The first-order chi connectivity index (χ1) is 12.6. The third-order valence-corrected chi connectivity index (χ3v) is 5.38. The first-order valence-electron chi connectivity index (χ1n) is 10.9. The minimum atomic E-state index is -4.93. The van der Waals surface area contributed by atoms with Gasteiger partial charge in [-0.1, -0.05) is 90.9 Å². The Bertz CT molecular complexity index is 362. The number of esters is 1. The summed E-state index contributed by atoms with van der Waals surface area (Å²) in [4.78, 5) is 11.3. The third-order valence-electron chi connectivity index (χ3n) is 5.38. The standard InChI is InChI=1S/C22H41F3O2/c1-5-7-9-11-13-15-17-19(18-16-14-12-10-8-6-2)21(3,4)27-20(26)22(23,24)25/h19H,5-18H2,1-4H3. The lowest BCUT2D eigenvalue weighted by Crippen LogP contribution is -2.41. The highest BCUT2D eigenvalue weighted by atomic mass is 19.4. The summed E-state index contributed by atoms with van der Waals surface area (Å²) >= 11 is 0. The molecule has 0 saturated carbocycles. The van der Waals surface area contributed by atoms with Gasteiger partial charge in [0.2, 0.25) is 0 Å². The van der Waals surface area contributed by atoms with Gasteiger partial charge in [0.05, 0.1) is 0 Å². The molecule has 0 N–H and O–H groups in total. The maximum Gasteiger partial charge on any atom is 0.490 e. The summed E-state index contributed by atoms with van der Waals surface area (Å²) in [7, 11) is 0. The van der Waals surface area contributed by atoms with E-state index >= 15 is 0 Å². The van der Waals surface area contributed by atoms with Crippen molar-refractivity contribution in [3.63, 3.8) is 0 Å². The van der Waals surface area contributed by atoms with E-state index in [0.29, 0.717) is 0 Å². The van der Waals surface area contributed by atoms with E-state index in [4.69, 9.17) is 4.74 Å². The summed E-state index contributed by atoms with van der Waals surface area (Å²) in [6.07, 6.45) is 10.5. The fraction of sp³-hybridized carbons (Fsp3) is 0.955. The second-order valence-corrected chi connectivity index (χ2v) is 8.30. The molecule has 0 radical (unpaired) electrons. The van der Waals surface area contributed by atoms with Crippen LogP contribution in [0.1, 0.15) is 118 Å². The number of ether oxygens (including phenoxy) is 1. The fourth-order valence-corrected chi connectivity index (χ4v) is 3.56. The summed E-state index contributed by atoms with van der Waals surface area (Å²) in [6, 6.07) is 0. The molecule has 0 saturated heterocycles. The number of unbranched alkanes of at least 4 members (excludes halogenated alkanes) is 10. The molecule has 0 bridgehead atoms. The molecular weight excluding hydrogens is 353 g/mol. The Hall–Kier alpha value is -0.740. The van der Waals surface area contributed by atoms with Crippen LogP contribution >= 0.6 is 0 Å². The van der Waals surface area contributed by atoms with Crippen molar-refractivity contribution in [2.45, 2.75) is 129 Å². The molecule has 0 aliphatic heterocycles. The molecule has 0 aromatic carbocycles. The van der Waals surface area contributed by atoms with E-state index in [1.807, 2.05) is 0 Å². The molecule has 2 nitrogen and oxygen atoms in total. The minimum Gasteiger partial charge on any atom is -0.453 e. The Kier molecular flexibility index (Phi) is 13.9. The molecule has 0 amide bonds. The van der Waals surface area contributed by atoms with Crippen molar-refractivity contribution >= 4 is 5.97 Å². The number of alkyl halides is 3. The maximum atomic E-state index is 12.6. The van der Waals surface area contributed by atoms with Crippen molar-refractivity contribution in [2.75, 3.05) is 0 Å². The molecular formula is C22H41F3O2. The number of carbonyl (C=O) groups is 1. The Morgan fingerprint density at radius 3 is 1.48 bits per heavy atom. The van der Waals surface area contributed by atoms with Crippen molar-refractivity contribution in [1.29, 1.82) is 0 Å². The molecule has 0 heterocycles. The second kappa shape index (κ2) is 14.3. The Morgan fingerprint density at radius 2 is 1.11 bits per heavy atom. The van der Waals surface area contributed by atoms with Crippen LogP contribution in [-0.4, -0.2) is 17.7 Å². The zero-order valence-electron chi connectivity index (χ0n) is 17.9. The van der Waals surface area contributed by atoms with Crippen molar-refractivity contribution in [3.8, 4) is 0 Å². The van der Waals surface area contributed by atoms with Crippen molar-refractivity contribution < 1.29 is 22.7 Å². The van der Waals surface area contributed by atoms with E-state index < -0.39 is 17.7 Å². The molecule has 0 unspecified atom stereocenters. The summed E-state index contributed by atoms with van der Waals surface area (Å²) in [5.41, 5.74) is -1.08. The molecule has 0 aliphatic rings. The number of rotatable bonds is 16. The molecule has 0 fully saturated rings. The van der Waals surface area contributed by atoms with Gasteiger partial charge in [0.15, 0.2) is 0 Å². The van der Waals surface area contributed by atoms with Crippen molar-refractivity contribution in [2.24, 2.45) is 5.92 Å². The summed E-state index contributed by atoms with van der Waals surface area (Å²) in [5, 5.41) is 0. The normalized spacial score (nSPS) is 12.6. The predicted octanol–water partition coefficient (Wildman–Crippen LogP) is 7.99. The second-order valence-electron chi connectivity index (χ2n) is 8.30. The largest absolute Gasteiger partial charge is 0.490 e. The Balaban J connectivity index is 4.56. The number of hydrogen-bond acceptors (Lipinski definition) is 2. The van der Waals surface area contributed by atoms with Gasteiger partial charge in [-0.15, -0.1) is 0 Å². The fourth-order valence-electron chi connectivity index (χ4n) is 3.56. The van der Waals surface area contributed by atoms with Crippen LogP contribution in [0.3, 0.4) is 0 Å². The molecule has 0 rings (SSSR count). The SMILES string of the molecule is CCCCCCCCC(CCCCCCCC)C(C)(C)OC(=O)C(F)(F)F. The van der Waals surface area contributed by atoms with Crippen LogP contribution in [0.2, 0.25) is 0 Å². The summed E-state index contributed by atoms with van der Waals surface area (Å²) in [6.45, 7) is 7.62. The molecule has 0 spiro atoms. The molecule has 0 aliphatic carbocycles. The van der Waals surface area contributed by atoms with Gasteiger partial charge in [0.25, 0.3) is 0 Å². The lowest BCUT2D eigenvalue weighted by atomic mass is 9.82. The van der Waals surface area contributed by atoms with E-state index in [0.717, 1.165) is 38.5 Å². The van der Waals surface area contributed by atoms with Gasteiger partial charge in [-0.25, -0.2) is 4.79 Å². The monoisotopic (exact) mass is 394 g/mol. The van der Waals surface area contributed by atoms with Crippen LogP contribution in [-0.2, 0) is 9.53 Å². The lowest BCUT2D eigenvalue weighted by Gasteiger charge is -2.34. The maximum absolute atomic E-state index is 12.6. The first-order valence-corrected chi connectivity index (χ1v) is 10.9. The highest BCUT2D eigenvalue weighted by molar-refractivity contribution is 5.76. The van der Waals surface area contributed by atoms with Gasteiger partial charge >= 0.3 is 12.1 Å². The highest BCUT2D eigenvalue weighted by Crippen LogP contribution is 2.33. The number of carbonyl (C=O) groups excluding carboxylic acids is 1. The molecule has 0 atom stereocenters. The summed E-state index contributed by atoms with van der Waals surface area (Å²) in [5.74, 6) is -2.09. The highest BCUT2D eigenvalue weighted by Gasteiger charge is 2.45. The van der Waals surface area contributed by atoms with Crippen LogP contribution in [0.15, 0.2) is 0 Å². The van der Waals surface area contributed by atoms with Gasteiger partial charge in [-0.3, -0.25) is 0 Å². The first kappa shape index (κ1) is 26.3. The third kappa shape index (κ3) is 13.1. The zero-order chi connectivity index (χ0) is 20.8. The Labute approximate surface area is 164 Å². The number of halogens is 3. The number of hydrogen-bond donors (Lipinski definition) is 0. The van der Waals surface area contributed by atoms with Crippen molar-refractivity contribution in [1.82, 2.24) is 0 Å². The van der Waals surface area contributed by atoms with Gasteiger partial charge in [-0.2, -0.15) is 13.2 Å². The van der Waals surface area contributed by atoms with Gasteiger partial charge < -0.3 is 4.74 Å². The van der Waals surface area contributed by atoms with E-state index in [1.165, 1.54) is 51.4 Å². The Morgan fingerprint density at radius 1 is 0.741 bits per heavy atom. The summed E-state index contributed by atoms with van der Waals surface area (Å²) < 4.78 is 42.7. The average molecular weight is 395 g/mol. The molecule has 0 aromatic heterocycles. The zero-order valence-corrected chi connectivity index (χ0v) is 17.9. The van der Waals surface area contributed by atoms with Gasteiger partial charge in [0, 0.05) is 0 Å². The van der Waals surface area contributed by atoms with Crippen LogP contribution < -0.4 is 0 Å². The van der Waals surface area contributed by atoms with Crippen LogP contribution in [0, 0.1) is 5.92 Å². The van der Waals surface area contributed by atoms with E-state index in [9.17, 15) is 18.0 Å². The van der Waals surface area contributed by atoms with E-state index in [-0.39, 0.29) is 5.92 Å². The van der Waals surface area contributed by atoms with Gasteiger partial charge in [0.1, 0.15) is 5.60 Å². The van der Waals surface area contributed by atoms with Crippen molar-refractivity contribution in [3.05, 3.63) is 0 Å². The van der Waals surface area contributed by atoms with Crippen LogP contribution in [0.4, 0.5) is 13.2 Å². The minimum absolute atomic E-state index is 0.0267. The quantitative estimate of drug-likeness (QED) is 0.196. The van der Waals surface area contributed by atoms with Crippen LogP contribution in [0.5, 0.6) is 0 Å². The van der Waals surface area contributed by atoms with E-state index in [2.05, 4.69) is 13.8 Å². The van der Waals surface area contributed by atoms with Gasteiger partial charge in [-0.05, 0) is 32.6 Å². The molecule has 5 heteroatoms. The predicted molar refractivity (Wildman–Crippen MR) is 106 cm³/mol. The molecule has 0 aromatic rings. The van der Waals surface area contributed by atoms with Crippen LogP contribution in [0.25, 0.3) is 0 Å². The average Bonchev–Trinajstić information content (AvgIpc) is 2.57. The van der Waals surface area contributed by atoms with E-state index in [1.54, 1.807) is 13.8 Å². The topological polar surface area (TPSA) is 26.3 Å². The lowest BCUT2D eigenvalue weighted by molar-refractivity contribution is -0.216. The smallest absolute Gasteiger partial charge is 0.453 e. The molecule has 27 heavy (non-hydrogen) atoms.